The van der Waals surface area contributed by atoms with Gasteiger partial charge in [0.25, 0.3) is 0 Å². The van der Waals surface area contributed by atoms with Crippen LogP contribution < -0.4 is 21.3 Å². The molecule has 4 heterocycles. The molecule has 0 bridgehead atoms. The summed E-state index contributed by atoms with van der Waals surface area (Å²) in [5.41, 5.74) is 13.1. The molecule has 2 fully saturated rings. The minimum absolute atomic E-state index is 0. The number of nitrogens with one attached hydrogen (secondary N) is 2. The fourth-order valence-electron chi connectivity index (χ4n) is 7.18. The molecular formula is C40H52ClN9O4S. The first-order valence-corrected chi connectivity index (χ1v) is 19.2. The molecule has 6 N–H and O–H groups in total. The van der Waals surface area contributed by atoms with Gasteiger partial charge in [-0.05, 0) is 48.6 Å². The lowest BCUT2D eigenvalue weighted by atomic mass is 9.85. The van der Waals surface area contributed by atoms with Crippen molar-refractivity contribution in [2.24, 2.45) is 5.41 Å². The second kappa shape index (κ2) is 17.4. The SMILES string of the molecule is C=C(N[C@H](C)c1ccc(-c2scnc2C)cc1)[C@H]1C[C@H](O)CN1C(=O)[C@H](NC(=O)CN1CCN(c2cc(-c3ccccc3O)nnc2N)CC1)C(C)(C)C.Cl. The summed E-state index contributed by atoms with van der Waals surface area (Å²) in [5.74, 6) is -0.0927. The Morgan fingerprint density at radius 3 is 2.38 bits per heavy atom. The summed E-state index contributed by atoms with van der Waals surface area (Å²) < 4.78 is 0. The number of anilines is 2. The Balaban J connectivity index is 0.00000580. The molecular weight excluding hydrogens is 738 g/mol. The third-order valence-corrected chi connectivity index (χ3v) is 11.2. The minimum Gasteiger partial charge on any atom is -0.507 e. The maximum Gasteiger partial charge on any atom is 0.246 e. The van der Waals surface area contributed by atoms with Gasteiger partial charge in [-0.25, -0.2) is 4.98 Å². The molecule has 0 unspecified atom stereocenters. The Bertz CT molecular complexity index is 1980. The van der Waals surface area contributed by atoms with Gasteiger partial charge in [-0.2, -0.15) is 0 Å². The summed E-state index contributed by atoms with van der Waals surface area (Å²) in [6.07, 6.45) is -0.351. The van der Waals surface area contributed by atoms with Gasteiger partial charge in [0.2, 0.25) is 11.8 Å². The van der Waals surface area contributed by atoms with Gasteiger partial charge in [-0.15, -0.1) is 33.9 Å². The van der Waals surface area contributed by atoms with Crippen LogP contribution in [0, 0.1) is 12.3 Å². The minimum atomic E-state index is -0.817. The van der Waals surface area contributed by atoms with Crippen LogP contribution in [-0.2, 0) is 9.59 Å². The summed E-state index contributed by atoms with van der Waals surface area (Å²) in [5, 5.41) is 35.9. The fourth-order valence-corrected chi connectivity index (χ4v) is 8.00. The number of piperazine rings is 1. The Labute approximate surface area is 333 Å². The van der Waals surface area contributed by atoms with Crippen LogP contribution in [0.5, 0.6) is 5.75 Å². The number of aliphatic hydroxyl groups excluding tert-OH is 1. The number of carbonyl (C=O) groups excluding carboxylic acids is 2. The van der Waals surface area contributed by atoms with Gasteiger partial charge in [0.1, 0.15) is 11.8 Å². The van der Waals surface area contributed by atoms with Crippen molar-refractivity contribution in [1.29, 1.82) is 0 Å². The molecule has 15 heteroatoms. The molecule has 2 aromatic heterocycles. The summed E-state index contributed by atoms with van der Waals surface area (Å²) in [6.45, 7) is 16.8. The van der Waals surface area contributed by atoms with Gasteiger partial charge in [-0.1, -0.05) is 63.7 Å². The lowest BCUT2D eigenvalue weighted by Crippen LogP contribution is -2.58. The summed E-state index contributed by atoms with van der Waals surface area (Å²) >= 11 is 1.62. The number of likely N-dealkylation sites (tertiary alicyclic amines) is 1. The molecule has 2 aromatic carbocycles. The van der Waals surface area contributed by atoms with Crippen molar-refractivity contribution in [2.75, 3.05) is 49.9 Å². The maximum atomic E-state index is 14.3. The summed E-state index contributed by atoms with van der Waals surface area (Å²) in [6, 6.07) is 15.8. The number of aromatic nitrogens is 3. The molecule has 294 valence electrons. The van der Waals surface area contributed by atoms with E-state index in [-0.39, 0.29) is 49.1 Å². The number of rotatable bonds is 11. The molecule has 2 aliphatic heterocycles. The monoisotopic (exact) mass is 789 g/mol. The van der Waals surface area contributed by atoms with Crippen LogP contribution in [0.15, 0.2) is 72.4 Å². The van der Waals surface area contributed by atoms with Crippen molar-refractivity contribution < 1.29 is 19.8 Å². The number of nitrogens with two attached hydrogens (primary N) is 1. The number of aryl methyl sites for hydroxylation is 1. The standard InChI is InChI=1S/C40H51N9O4S.ClH/c1-24(27-11-13-28(14-12-27)36-26(3)42-23-54-36)43-25(2)32-19-29(50)21-49(32)39(53)37(40(4,5)6)44-35(52)22-47-15-17-48(18-16-47)33-20-31(45-46-38(33)41)30-9-7-8-10-34(30)51;/h7-14,20,23-24,29,32,37,43,50-51H,2,15-19,21-22H2,1,3-6H3,(H2,41,46)(H,44,52);1H/t24-,29+,32-,37+;/m1./s1. The van der Waals surface area contributed by atoms with E-state index in [4.69, 9.17) is 5.73 Å². The number of para-hydroxylation sites is 1. The Morgan fingerprint density at radius 2 is 1.75 bits per heavy atom. The lowest BCUT2D eigenvalue weighted by Gasteiger charge is -2.38. The number of halogens is 1. The van der Waals surface area contributed by atoms with Crippen LogP contribution in [-0.4, -0.2) is 104 Å². The average Bonchev–Trinajstić information content (AvgIpc) is 3.76. The lowest BCUT2D eigenvalue weighted by molar-refractivity contribution is -0.140. The molecule has 0 saturated carbocycles. The second-order valence-corrected chi connectivity index (χ2v) is 16.2. The highest BCUT2D eigenvalue weighted by Gasteiger charge is 2.43. The van der Waals surface area contributed by atoms with Crippen molar-refractivity contribution in [2.45, 2.75) is 65.3 Å². The van der Waals surface area contributed by atoms with Crippen molar-refractivity contribution in [3.8, 4) is 27.4 Å². The van der Waals surface area contributed by atoms with Crippen LogP contribution in [0.2, 0.25) is 0 Å². The largest absolute Gasteiger partial charge is 0.507 e. The number of hydrogen-bond donors (Lipinski definition) is 5. The van der Waals surface area contributed by atoms with Gasteiger partial charge in [0.05, 0.1) is 46.2 Å². The van der Waals surface area contributed by atoms with Crippen LogP contribution in [0.3, 0.4) is 0 Å². The number of amides is 2. The smallest absolute Gasteiger partial charge is 0.246 e. The highest BCUT2D eigenvalue weighted by molar-refractivity contribution is 7.13. The molecule has 0 radical (unpaired) electrons. The number of phenols is 1. The molecule has 55 heavy (non-hydrogen) atoms. The number of benzene rings is 2. The third kappa shape index (κ3) is 9.55. The number of aromatic hydroxyl groups is 1. The van der Waals surface area contributed by atoms with E-state index in [2.05, 4.69) is 61.6 Å². The molecule has 4 atom stereocenters. The highest BCUT2D eigenvalue weighted by Crippen LogP contribution is 2.33. The zero-order valence-corrected chi connectivity index (χ0v) is 33.7. The zero-order chi connectivity index (χ0) is 38.7. The molecule has 2 saturated heterocycles. The van der Waals surface area contributed by atoms with Crippen molar-refractivity contribution in [3.63, 3.8) is 0 Å². The maximum absolute atomic E-state index is 14.3. The first-order chi connectivity index (χ1) is 25.7. The van der Waals surface area contributed by atoms with Crippen LogP contribution >= 0.6 is 23.7 Å². The summed E-state index contributed by atoms with van der Waals surface area (Å²) in [7, 11) is 0. The van der Waals surface area contributed by atoms with Crippen LogP contribution in [0.1, 0.15) is 51.4 Å². The van der Waals surface area contributed by atoms with E-state index >= 15 is 0 Å². The Morgan fingerprint density at radius 1 is 1.05 bits per heavy atom. The first-order valence-electron chi connectivity index (χ1n) is 18.3. The Hall–Kier alpha value is -4.76. The molecule has 0 aliphatic carbocycles. The first kappa shape index (κ1) is 41.4. The number of carbonyl (C=O) groups is 2. The van der Waals surface area contributed by atoms with Crippen LogP contribution in [0.4, 0.5) is 11.5 Å². The van der Waals surface area contributed by atoms with Crippen molar-refractivity contribution in [1.82, 2.24) is 35.6 Å². The molecule has 13 nitrogen and oxygen atoms in total. The van der Waals surface area contributed by atoms with Gasteiger partial charge < -0.3 is 36.4 Å². The number of hydrogen-bond acceptors (Lipinski definition) is 12. The quantitative estimate of drug-likeness (QED) is 0.142. The van der Waals surface area contributed by atoms with Gasteiger partial charge in [0, 0.05) is 56.4 Å². The normalized spacial score (nSPS) is 18.7. The molecule has 4 aromatic rings. The van der Waals surface area contributed by atoms with E-state index < -0.39 is 23.6 Å². The van der Waals surface area contributed by atoms with E-state index in [1.807, 2.05) is 57.2 Å². The predicted octanol–water partition coefficient (Wildman–Crippen LogP) is 4.76. The van der Waals surface area contributed by atoms with Crippen molar-refractivity contribution in [3.05, 3.63) is 83.6 Å². The zero-order valence-electron chi connectivity index (χ0n) is 32.0. The number of β-amino-alcohol motifs (C(OH)–C–C–N with tert-alkyl or cyclic N) is 1. The number of aliphatic hydroxyl groups is 1. The number of phenolic OH excluding ortho intramolecular Hbond substituents is 1. The predicted molar refractivity (Wildman–Crippen MR) is 220 cm³/mol. The van der Waals surface area contributed by atoms with Crippen LogP contribution in [0.25, 0.3) is 21.7 Å². The average molecular weight is 790 g/mol. The van der Waals surface area contributed by atoms with E-state index in [0.29, 0.717) is 55.4 Å². The van der Waals surface area contributed by atoms with Gasteiger partial charge in [0.15, 0.2) is 5.82 Å². The van der Waals surface area contributed by atoms with Gasteiger partial charge in [-0.3, -0.25) is 14.5 Å². The number of nitrogen functional groups attached to an aromatic ring is 1. The van der Waals surface area contributed by atoms with E-state index in [0.717, 1.165) is 27.4 Å². The number of thiazole rings is 1. The molecule has 2 amide bonds. The third-order valence-electron chi connectivity index (χ3n) is 10.3. The molecule has 0 spiro atoms. The van der Waals surface area contributed by atoms with Gasteiger partial charge >= 0.3 is 0 Å². The van der Waals surface area contributed by atoms with E-state index in [1.165, 1.54) is 0 Å². The topological polar surface area (TPSA) is 173 Å². The van der Waals surface area contributed by atoms with Crippen molar-refractivity contribution >= 4 is 47.1 Å². The van der Waals surface area contributed by atoms with E-state index in [9.17, 15) is 19.8 Å². The second-order valence-electron chi connectivity index (χ2n) is 15.3. The number of nitrogens with zero attached hydrogens (tertiary/aromatic N) is 6. The fraction of sp³-hybridized carbons (Fsp3) is 0.425. The molecule has 6 rings (SSSR count). The molecule has 2 aliphatic rings. The van der Waals surface area contributed by atoms with E-state index in [1.54, 1.807) is 34.4 Å². The Kier molecular flexibility index (Phi) is 13.1. The highest BCUT2D eigenvalue weighted by atomic mass is 35.5. The summed E-state index contributed by atoms with van der Waals surface area (Å²) in [4.78, 5) is 39.1.